The Morgan fingerprint density at radius 2 is 1.66 bits per heavy atom. The Morgan fingerprint density at radius 1 is 1.00 bits per heavy atom. The molecule has 2 N–H and O–H groups in total. The van der Waals surface area contributed by atoms with Gasteiger partial charge in [0, 0.05) is 24.2 Å². The molecule has 3 heterocycles. The van der Waals surface area contributed by atoms with E-state index in [4.69, 9.17) is 19.4 Å². The van der Waals surface area contributed by atoms with Gasteiger partial charge < -0.3 is 19.9 Å². The number of fused-ring (bicyclic) bond motifs is 1. The normalized spacial score (nSPS) is 14.5. The van der Waals surface area contributed by atoms with Gasteiger partial charge in [-0.15, -0.1) is 0 Å². The fraction of sp³-hybridized carbons (Fsp3) is 0.143. The maximum absolute atomic E-state index is 12.5. The van der Waals surface area contributed by atoms with Crippen molar-refractivity contribution in [3.8, 4) is 22.6 Å². The summed E-state index contributed by atoms with van der Waals surface area (Å²) in [5.41, 5.74) is 2.47. The van der Waals surface area contributed by atoms with E-state index in [2.05, 4.69) is 15.3 Å². The molecule has 32 heavy (non-hydrogen) atoms. The first-order chi connectivity index (χ1) is 15.2. The second-order valence-corrected chi connectivity index (χ2v) is 6.35. The summed E-state index contributed by atoms with van der Waals surface area (Å²) in [5.74, 6) is -1.82. The molecule has 0 radical (unpaired) electrons. The van der Waals surface area contributed by atoms with E-state index < -0.39 is 18.2 Å². The number of nitrogens with one attached hydrogen (secondary N) is 1. The Hall–Kier alpha value is -4.15. The van der Waals surface area contributed by atoms with Crippen molar-refractivity contribution in [2.75, 3.05) is 11.9 Å². The average molecular weight is 447 g/mol. The predicted octanol–water partition coefficient (Wildman–Crippen LogP) is 3.56. The lowest BCUT2D eigenvalue weighted by molar-refractivity contribution is -0.192. The summed E-state index contributed by atoms with van der Waals surface area (Å²) >= 11 is 0. The zero-order valence-electron chi connectivity index (χ0n) is 16.2. The van der Waals surface area contributed by atoms with Crippen LogP contribution in [0.25, 0.3) is 11.1 Å². The van der Waals surface area contributed by atoms with Gasteiger partial charge >= 0.3 is 12.1 Å². The molecule has 0 saturated heterocycles. The first kappa shape index (κ1) is 22.5. The van der Waals surface area contributed by atoms with Gasteiger partial charge in [0.15, 0.2) is 11.5 Å². The van der Waals surface area contributed by atoms with Gasteiger partial charge in [-0.3, -0.25) is 14.8 Å². The van der Waals surface area contributed by atoms with Gasteiger partial charge in [-0.05, 0) is 35.9 Å². The van der Waals surface area contributed by atoms with Gasteiger partial charge in [0.1, 0.15) is 6.61 Å². The molecule has 1 aliphatic rings. The molecule has 1 amide bonds. The highest BCUT2D eigenvalue weighted by atomic mass is 19.4. The minimum absolute atomic E-state index is 0.167. The van der Waals surface area contributed by atoms with Crippen LogP contribution >= 0.6 is 0 Å². The quantitative estimate of drug-likeness (QED) is 0.632. The van der Waals surface area contributed by atoms with E-state index >= 15 is 0 Å². The average Bonchev–Trinajstić information content (AvgIpc) is 2.79. The zero-order valence-corrected chi connectivity index (χ0v) is 16.2. The summed E-state index contributed by atoms with van der Waals surface area (Å²) < 4.78 is 43.0. The number of hydrogen-bond acceptors (Lipinski definition) is 6. The number of carboxylic acid groups (broad SMARTS) is 1. The summed E-state index contributed by atoms with van der Waals surface area (Å²) in [6.07, 6.45) is 0.970. The maximum Gasteiger partial charge on any atom is 0.490 e. The van der Waals surface area contributed by atoms with E-state index in [0.717, 1.165) is 11.1 Å². The van der Waals surface area contributed by atoms with Crippen LogP contribution in [0.3, 0.4) is 0 Å². The zero-order chi connectivity index (χ0) is 23.1. The van der Waals surface area contributed by atoms with Gasteiger partial charge in [-0.25, -0.2) is 4.79 Å². The van der Waals surface area contributed by atoms with Gasteiger partial charge in [-0.1, -0.05) is 12.1 Å². The Kier molecular flexibility index (Phi) is 6.88. The number of halogens is 3. The molecule has 2 aromatic heterocycles. The third kappa shape index (κ3) is 5.94. The molecule has 1 atom stereocenters. The summed E-state index contributed by atoms with van der Waals surface area (Å²) in [4.78, 5) is 29.6. The van der Waals surface area contributed by atoms with Gasteiger partial charge in [0.2, 0.25) is 6.10 Å². The second kappa shape index (κ2) is 9.77. The molecule has 0 bridgehead atoms. The van der Waals surface area contributed by atoms with Crippen LogP contribution in [-0.2, 0) is 9.59 Å². The van der Waals surface area contributed by atoms with Crippen LogP contribution in [-0.4, -0.2) is 45.8 Å². The molecular weight excluding hydrogens is 431 g/mol. The molecule has 0 fully saturated rings. The van der Waals surface area contributed by atoms with Crippen LogP contribution in [0.1, 0.15) is 0 Å². The molecule has 4 rings (SSSR count). The van der Waals surface area contributed by atoms with Crippen LogP contribution in [0.5, 0.6) is 11.5 Å². The summed E-state index contributed by atoms with van der Waals surface area (Å²) in [7, 11) is 0. The Labute approximate surface area is 179 Å². The van der Waals surface area contributed by atoms with Crippen molar-refractivity contribution in [1.82, 2.24) is 9.97 Å². The Morgan fingerprint density at radius 3 is 2.31 bits per heavy atom. The van der Waals surface area contributed by atoms with Crippen molar-refractivity contribution in [2.24, 2.45) is 0 Å². The molecule has 0 saturated carbocycles. The molecule has 1 aliphatic heterocycles. The molecule has 166 valence electrons. The predicted molar refractivity (Wildman–Crippen MR) is 106 cm³/mol. The van der Waals surface area contributed by atoms with Crippen molar-refractivity contribution < 1.29 is 37.3 Å². The second-order valence-electron chi connectivity index (χ2n) is 6.35. The molecule has 3 aromatic rings. The van der Waals surface area contributed by atoms with Crippen molar-refractivity contribution in [2.45, 2.75) is 12.3 Å². The number of amides is 1. The largest absolute Gasteiger partial charge is 0.490 e. The monoisotopic (exact) mass is 447 g/mol. The van der Waals surface area contributed by atoms with E-state index in [0.29, 0.717) is 17.2 Å². The number of aliphatic carboxylic acids is 1. The number of anilines is 1. The number of carboxylic acids is 1. The molecular formula is C21H16F3N3O5. The first-order valence-corrected chi connectivity index (χ1v) is 9.09. The highest BCUT2D eigenvalue weighted by Gasteiger charge is 2.38. The van der Waals surface area contributed by atoms with Crippen molar-refractivity contribution in [1.29, 1.82) is 0 Å². The molecule has 1 aromatic carbocycles. The summed E-state index contributed by atoms with van der Waals surface area (Å²) in [6.45, 7) is 0.167. The summed E-state index contributed by atoms with van der Waals surface area (Å²) in [5, 5.41) is 9.96. The Balaban J connectivity index is 0.000000360. The number of ether oxygens (including phenoxy) is 2. The van der Waals surface area contributed by atoms with Crippen molar-refractivity contribution in [3.63, 3.8) is 0 Å². The fourth-order valence-corrected chi connectivity index (χ4v) is 2.58. The standard InChI is InChI=1S/C19H15N3O3.C2HF3O2/c23-19(18-12-24-16-3-1-2-4-17(16)25-18)22-15-9-14(10-21-11-15)13-5-7-20-8-6-13;3-2(4,5)1(6)7/h1-11,18H,12H2,(H,22,23);(H,6,7). The molecule has 0 aliphatic carbocycles. The number of nitrogens with zero attached hydrogens (tertiary/aromatic N) is 2. The highest BCUT2D eigenvalue weighted by molar-refractivity contribution is 5.95. The molecule has 11 heteroatoms. The number of alkyl halides is 3. The SMILES string of the molecule is O=C(Nc1cncc(-c2ccncc2)c1)C1COc2ccccc2O1.O=C(O)C(F)(F)F. The smallest absolute Gasteiger partial charge is 0.485 e. The van der Waals surface area contributed by atoms with Gasteiger partial charge in [0.05, 0.1) is 11.9 Å². The lowest BCUT2D eigenvalue weighted by Gasteiger charge is -2.25. The van der Waals surface area contributed by atoms with Crippen LogP contribution in [0.15, 0.2) is 67.3 Å². The molecule has 8 nitrogen and oxygen atoms in total. The lowest BCUT2D eigenvalue weighted by atomic mass is 10.1. The first-order valence-electron chi connectivity index (χ1n) is 9.09. The van der Waals surface area contributed by atoms with Crippen LogP contribution in [0, 0.1) is 0 Å². The number of aromatic nitrogens is 2. The van der Waals surface area contributed by atoms with E-state index in [9.17, 15) is 18.0 Å². The van der Waals surface area contributed by atoms with E-state index in [1.165, 1.54) is 0 Å². The third-order valence-corrected chi connectivity index (χ3v) is 4.06. The minimum Gasteiger partial charge on any atom is -0.485 e. The minimum atomic E-state index is -5.08. The maximum atomic E-state index is 12.5. The lowest BCUT2D eigenvalue weighted by Crippen LogP contribution is -2.40. The van der Waals surface area contributed by atoms with E-state index in [1.807, 2.05) is 36.4 Å². The number of carbonyl (C=O) groups excluding carboxylic acids is 1. The number of para-hydroxylation sites is 2. The van der Waals surface area contributed by atoms with E-state index in [1.54, 1.807) is 30.9 Å². The fourth-order valence-electron chi connectivity index (χ4n) is 2.58. The summed E-state index contributed by atoms with van der Waals surface area (Å²) in [6, 6.07) is 12.9. The number of rotatable bonds is 3. The van der Waals surface area contributed by atoms with Gasteiger partial charge in [0.25, 0.3) is 5.91 Å². The highest BCUT2D eigenvalue weighted by Crippen LogP contribution is 2.31. The van der Waals surface area contributed by atoms with Crippen LogP contribution < -0.4 is 14.8 Å². The number of pyridine rings is 2. The van der Waals surface area contributed by atoms with Crippen molar-refractivity contribution >= 4 is 17.6 Å². The molecule has 1 unspecified atom stereocenters. The molecule has 0 spiro atoms. The number of benzene rings is 1. The number of carbonyl (C=O) groups is 2. The van der Waals surface area contributed by atoms with Gasteiger partial charge in [-0.2, -0.15) is 13.2 Å². The topological polar surface area (TPSA) is 111 Å². The third-order valence-electron chi connectivity index (χ3n) is 4.06. The Bertz CT molecular complexity index is 1090. The van der Waals surface area contributed by atoms with Crippen LogP contribution in [0.4, 0.5) is 18.9 Å². The van der Waals surface area contributed by atoms with Crippen molar-refractivity contribution in [3.05, 3.63) is 67.3 Å². The van der Waals surface area contributed by atoms with E-state index in [-0.39, 0.29) is 12.5 Å². The van der Waals surface area contributed by atoms with Crippen LogP contribution in [0.2, 0.25) is 0 Å². The number of hydrogen-bond donors (Lipinski definition) is 2.